The van der Waals surface area contributed by atoms with Gasteiger partial charge in [0.1, 0.15) is 17.2 Å². The van der Waals surface area contributed by atoms with E-state index in [1.165, 1.54) is 0 Å². The minimum Gasteiger partial charge on any atom is -0.508 e. The number of benzene rings is 3. The standard InChI is InChI=1S/C21H17ClO3/c1-25-19-12-6-16(7-13-19)21(22)20(14-2-8-17(23)9-3-14)15-4-10-18(24)11-5-15/h2-13,23-24H,1H3. The highest BCUT2D eigenvalue weighted by Gasteiger charge is 2.13. The Morgan fingerprint density at radius 1 is 0.680 bits per heavy atom. The molecule has 0 aliphatic rings. The van der Waals surface area contributed by atoms with Gasteiger partial charge in [-0.2, -0.15) is 0 Å². The topological polar surface area (TPSA) is 49.7 Å². The summed E-state index contributed by atoms with van der Waals surface area (Å²) < 4.78 is 5.19. The van der Waals surface area contributed by atoms with Crippen LogP contribution in [0.1, 0.15) is 16.7 Å². The first-order chi connectivity index (χ1) is 12.1. The van der Waals surface area contributed by atoms with E-state index in [-0.39, 0.29) is 11.5 Å². The fourth-order valence-corrected chi connectivity index (χ4v) is 2.90. The first-order valence-corrected chi connectivity index (χ1v) is 8.09. The lowest BCUT2D eigenvalue weighted by molar-refractivity contribution is 0.415. The molecule has 0 aliphatic carbocycles. The third-order valence-electron chi connectivity index (χ3n) is 3.87. The van der Waals surface area contributed by atoms with Gasteiger partial charge in [-0.3, -0.25) is 0 Å². The Balaban J connectivity index is 2.17. The Labute approximate surface area is 151 Å². The predicted molar refractivity (Wildman–Crippen MR) is 101 cm³/mol. The molecule has 0 bridgehead atoms. The van der Waals surface area contributed by atoms with Crippen molar-refractivity contribution in [2.24, 2.45) is 0 Å². The average Bonchev–Trinajstić information content (AvgIpc) is 2.65. The monoisotopic (exact) mass is 352 g/mol. The van der Waals surface area contributed by atoms with Gasteiger partial charge in [0.2, 0.25) is 0 Å². The molecule has 0 saturated heterocycles. The Morgan fingerprint density at radius 3 is 1.48 bits per heavy atom. The van der Waals surface area contributed by atoms with Crippen molar-refractivity contribution in [3.8, 4) is 17.2 Å². The molecule has 3 aromatic carbocycles. The number of hydrogen-bond donors (Lipinski definition) is 2. The van der Waals surface area contributed by atoms with Gasteiger partial charge < -0.3 is 14.9 Å². The fourth-order valence-electron chi connectivity index (χ4n) is 2.56. The van der Waals surface area contributed by atoms with Crippen molar-refractivity contribution >= 4 is 22.2 Å². The molecule has 0 atom stereocenters. The number of phenolic OH excluding ortho intramolecular Hbond substituents is 2. The van der Waals surface area contributed by atoms with Gasteiger partial charge in [0, 0.05) is 5.57 Å². The Morgan fingerprint density at radius 2 is 1.08 bits per heavy atom. The van der Waals surface area contributed by atoms with Crippen molar-refractivity contribution in [2.45, 2.75) is 0 Å². The second-order valence-electron chi connectivity index (χ2n) is 5.51. The number of halogens is 1. The molecule has 0 spiro atoms. The van der Waals surface area contributed by atoms with E-state index in [1.807, 2.05) is 48.5 Å². The van der Waals surface area contributed by atoms with Crippen molar-refractivity contribution in [3.05, 3.63) is 89.5 Å². The highest BCUT2D eigenvalue weighted by atomic mass is 35.5. The van der Waals surface area contributed by atoms with E-state index in [0.29, 0.717) is 5.03 Å². The molecular formula is C21H17ClO3. The molecule has 0 fully saturated rings. The second-order valence-corrected chi connectivity index (χ2v) is 5.89. The van der Waals surface area contributed by atoms with Crippen LogP contribution in [0.5, 0.6) is 17.2 Å². The maximum atomic E-state index is 9.56. The van der Waals surface area contributed by atoms with Crippen LogP contribution in [0.25, 0.3) is 10.6 Å². The average molecular weight is 353 g/mol. The van der Waals surface area contributed by atoms with Crippen molar-refractivity contribution in [1.29, 1.82) is 0 Å². The molecular weight excluding hydrogens is 336 g/mol. The van der Waals surface area contributed by atoms with Crippen LogP contribution in [0.15, 0.2) is 72.8 Å². The zero-order chi connectivity index (χ0) is 17.8. The number of ether oxygens (including phenoxy) is 1. The zero-order valence-electron chi connectivity index (χ0n) is 13.6. The molecule has 0 aromatic heterocycles. The van der Waals surface area contributed by atoms with E-state index in [2.05, 4.69) is 0 Å². The van der Waals surface area contributed by atoms with Crippen LogP contribution in [0.2, 0.25) is 0 Å². The van der Waals surface area contributed by atoms with Crippen LogP contribution in [-0.4, -0.2) is 17.3 Å². The van der Waals surface area contributed by atoms with Crippen LogP contribution >= 0.6 is 11.6 Å². The molecule has 2 N–H and O–H groups in total. The van der Waals surface area contributed by atoms with Gasteiger partial charge in [-0.15, -0.1) is 0 Å². The normalized spacial score (nSPS) is 10.3. The lowest BCUT2D eigenvalue weighted by Crippen LogP contribution is -1.92. The number of methoxy groups -OCH3 is 1. The van der Waals surface area contributed by atoms with E-state index in [1.54, 1.807) is 31.4 Å². The van der Waals surface area contributed by atoms with E-state index in [9.17, 15) is 10.2 Å². The summed E-state index contributed by atoms with van der Waals surface area (Å²) in [5.41, 5.74) is 3.39. The first-order valence-electron chi connectivity index (χ1n) is 7.71. The molecule has 4 heteroatoms. The molecule has 0 unspecified atom stereocenters. The predicted octanol–water partition coefficient (Wildman–Crippen LogP) is 5.26. The van der Waals surface area contributed by atoms with Gasteiger partial charge in [-0.25, -0.2) is 0 Å². The van der Waals surface area contributed by atoms with Crippen LogP contribution in [0, 0.1) is 0 Å². The van der Waals surface area contributed by atoms with E-state index in [4.69, 9.17) is 16.3 Å². The third kappa shape index (κ3) is 3.78. The summed E-state index contributed by atoms with van der Waals surface area (Å²) in [7, 11) is 1.62. The molecule has 3 rings (SSSR count). The summed E-state index contributed by atoms with van der Waals surface area (Å²) in [4.78, 5) is 0. The van der Waals surface area contributed by atoms with Gasteiger partial charge in [-0.05, 0) is 65.2 Å². The van der Waals surface area contributed by atoms with Gasteiger partial charge in [0.05, 0.1) is 12.1 Å². The molecule has 126 valence electrons. The van der Waals surface area contributed by atoms with Gasteiger partial charge in [-0.1, -0.05) is 35.9 Å². The molecule has 0 heterocycles. The van der Waals surface area contributed by atoms with E-state index >= 15 is 0 Å². The summed E-state index contributed by atoms with van der Waals surface area (Å²) in [5, 5.41) is 19.7. The Bertz CT molecular complexity index is 832. The molecule has 0 saturated carbocycles. The molecule has 3 nitrogen and oxygen atoms in total. The first kappa shape index (κ1) is 16.9. The SMILES string of the molecule is COc1ccc(C(Cl)=C(c2ccc(O)cc2)c2ccc(O)cc2)cc1. The van der Waals surface area contributed by atoms with Crippen LogP contribution < -0.4 is 4.74 Å². The second kappa shape index (κ2) is 7.32. The molecule has 0 radical (unpaired) electrons. The van der Waals surface area contributed by atoms with E-state index < -0.39 is 0 Å². The molecule has 3 aromatic rings. The van der Waals surface area contributed by atoms with Crippen LogP contribution in [0.3, 0.4) is 0 Å². The molecule has 25 heavy (non-hydrogen) atoms. The Hall–Kier alpha value is -2.91. The van der Waals surface area contributed by atoms with Crippen molar-refractivity contribution in [2.75, 3.05) is 7.11 Å². The van der Waals surface area contributed by atoms with E-state index in [0.717, 1.165) is 28.0 Å². The number of rotatable bonds is 4. The van der Waals surface area contributed by atoms with Crippen LogP contribution in [-0.2, 0) is 0 Å². The Kier molecular flexibility index (Phi) is 4.96. The maximum Gasteiger partial charge on any atom is 0.118 e. The number of phenols is 2. The summed E-state index contributed by atoms with van der Waals surface area (Å²) in [6.45, 7) is 0. The maximum absolute atomic E-state index is 9.56. The lowest BCUT2D eigenvalue weighted by atomic mass is 9.95. The van der Waals surface area contributed by atoms with Crippen molar-refractivity contribution in [3.63, 3.8) is 0 Å². The smallest absolute Gasteiger partial charge is 0.118 e. The number of aromatic hydroxyl groups is 2. The highest BCUT2D eigenvalue weighted by molar-refractivity contribution is 6.53. The summed E-state index contributed by atoms with van der Waals surface area (Å²) >= 11 is 6.73. The minimum atomic E-state index is 0.189. The molecule has 0 aliphatic heterocycles. The summed E-state index contributed by atoms with van der Waals surface area (Å²) in [5.74, 6) is 1.13. The van der Waals surface area contributed by atoms with Crippen LogP contribution in [0.4, 0.5) is 0 Å². The largest absolute Gasteiger partial charge is 0.508 e. The quantitative estimate of drug-likeness (QED) is 0.629. The van der Waals surface area contributed by atoms with Gasteiger partial charge in [0.25, 0.3) is 0 Å². The van der Waals surface area contributed by atoms with Crippen molar-refractivity contribution in [1.82, 2.24) is 0 Å². The highest BCUT2D eigenvalue weighted by Crippen LogP contribution is 2.36. The molecule has 0 amide bonds. The van der Waals surface area contributed by atoms with Gasteiger partial charge in [0.15, 0.2) is 0 Å². The third-order valence-corrected chi connectivity index (χ3v) is 4.28. The zero-order valence-corrected chi connectivity index (χ0v) is 14.4. The fraction of sp³-hybridized carbons (Fsp3) is 0.0476. The number of hydrogen-bond acceptors (Lipinski definition) is 3. The summed E-state index contributed by atoms with van der Waals surface area (Å²) in [6, 6.07) is 21.2. The lowest BCUT2D eigenvalue weighted by Gasteiger charge is -2.13. The summed E-state index contributed by atoms with van der Waals surface area (Å²) in [6.07, 6.45) is 0. The minimum absolute atomic E-state index is 0.189. The van der Waals surface area contributed by atoms with Crippen molar-refractivity contribution < 1.29 is 14.9 Å². The van der Waals surface area contributed by atoms with Gasteiger partial charge >= 0.3 is 0 Å².